The number of nitrogens with two attached hydrogens (primary N) is 1. The highest BCUT2D eigenvalue weighted by Crippen LogP contribution is 2.26. The molecular formula is C11H15N5O3S. The van der Waals surface area contributed by atoms with E-state index in [1.165, 1.54) is 18.0 Å². The van der Waals surface area contributed by atoms with Crippen LogP contribution in [0.1, 0.15) is 0 Å². The van der Waals surface area contributed by atoms with Crippen molar-refractivity contribution in [2.45, 2.75) is 6.54 Å². The van der Waals surface area contributed by atoms with E-state index in [4.69, 9.17) is 10.5 Å². The third-order valence-electron chi connectivity index (χ3n) is 2.69. The molecule has 2 rings (SSSR count). The largest absolute Gasteiger partial charge is 0.495 e. The zero-order valence-corrected chi connectivity index (χ0v) is 12.0. The minimum absolute atomic E-state index is 0.0311. The minimum atomic E-state index is -3.08. The number of ether oxygens (including phenoxy) is 1. The fraction of sp³-hybridized carbons (Fsp3) is 0.364. The number of nitrogens with zero attached hydrogens (tertiary/aromatic N) is 4. The number of rotatable bonds is 5. The number of aromatic nitrogens is 4. The third kappa shape index (κ3) is 3.23. The molecule has 0 atom stereocenters. The van der Waals surface area contributed by atoms with E-state index in [9.17, 15) is 8.42 Å². The van der Waals surface area contributed by atoms with Gasteiger partial charge in [-0.2, -0.15) is 0 Å². The molecule has 0 spiro atoms. The average molecular weight is 297 g/mol. The maximum atomic E-state index is 11.2. The zero-order chi connectivity index (χ0) is 14.8. The number of sulfone groups is 1. The van der Waals surface area contributed by atoms with E-state index in [1.54, 1.807) is 18.2 Å². The van der Waals surface area contributed by atoms with E-state index in [0.29, 0.717) is 22.8 Å². The van der Waals surface area contributed by atoms with Crippen LogP contribution in [0.3, 0.4) is 0 Å². The molecule has 108 valence electrons. The summed E-state index contributed by atoms with van der Waals surface area (Å²) in [6.07, 6.45) is 1.17. The van der Waals surface area contributed by atoms with Crippen LogP contribution in [0.25, 0.3) is 11.4 Å². The topological polar surface area (TPSA) is 113 Å². The molecule has 0 amide bonds. The van der Waals surface area contributed by atoms with Gasteiger partial charge in [0.15, 0.2) is 5.82 Å². The molecule has 0 bridgehead atoms. The number of hydrogen-bond acceptors (Lipinski definition) is 7. The van der Waals surface area contributed by atoms with Gasteiger partial charge in [-0.1, -0.05) is 0 Å². The lowest BCUT2D eigenvalue weighted by molar-refractivity contribution is 0.417. The van der Waals surface area contributed by atoms with Crippen LogP contribution < -0.4 is 10.5 Å². The molecule has 1 aromatic carbocycles. The summed E-state index contributed by atoms with van der Waals surface area (Å²) in [7, 11) is -1.55. The van der Waals surface area contributed by atoms with Gasteiger partial charge in [-0.3, -0.25) is 0 Å². The van der Waals surface area contributed by atoms with Gasteiger partial charge in [-0.05, 0) is 28.6 Å². The van der Waals surface area contributed by atoms with Crippen molar-refractivity contribution in [3.05, 3.63) is 18.2 Å². The van der Waals surface area contributed by atoms with E-state index in [2.05, 4.69) is 15.5 Å². The van der Waals surface area contributed by atoms with Crippen molar-refractivity contribution in [2.75, 3.05) is 24.9 Å². The van der Waals surface area contributed by atoms with Crippen LogP contribution in [-0.2, 0) is 16.4 Å². The Morgan fingerprint density at radius 3 is 2.75 bits per heavy atom. The maximum Gasteiger partial charge on any atom is 0.182 e. The number of nitrogen functional groups attached to an aromatic ring is 1. The highest BCUT2D eigenvalue weighted by molar-refractivity contribution is 7.90. The molecule has 2 aromatic rings. The van der Waals surface area contributed by atoms with Crippen LogP contribution in [-0.4, -0.2) is 47.7 Å². The summed E-state index contributed by atoms with van der Waals surface area (Å²) in [6.45, 7) is 0.188. The van der Waals surface area contributed by atoms with Gasteiger partial charge in [-0.25, -0.2) is 13.1 Å². The third-order valence-corrected chi connectivity index (χ3v) is 3.62. The molecule has 0 radical (unpaired) electrons. The standard InChI is InChI=1S/C11H15N5O3S/c1-19-10-4-3-8(7-9(10)12)11-13-14-15-16(11)5-6-20(2,17)18/h3-4,7H,5-6,12H2,1-2H3. The molecule has 0 fully saturated rings. The number of methoxy groups -OCH3 is 1. The van der Waals surface area contributed by atoms with Crippen LogP contribution in [0, 0.1) is 0 Å². The first kappa shape index (κ1) is 14.3. The molecular weight excluding hydrogens is 282 g/mol. The number of hydrogen-bond donors (Lipinski definition) is 1. The van der Waals surface area contributed by atoms with E-state index >= 15 is 0 Å². The Balaban J connectivity index is 2.30. The molecule has 0 aliphatic rings. The van der Waals surface area contributed by atoms with Crippen LogP contribution in [0.15, 0.2) is 18.2 Å². The second-order valence-corrected chi connectivity index (χ2v) is 6.57. The van der Waals surface area contributed by atoms with Crippen molar-refractivity contribution in [1.29, 1.82) is 0 Å². The number of anilines is 1. The Morgan fingerprint density at radius 1 is 1.40 bits per heavy atom. The van der Waals surface area contributed by atoms with Gasteiger partial charge in [-0.15, -0.1) is 5.10 Å². The second kappa shape index (κ2) is 5.45. The predicted octanol–water partition coefficient (Wildman–Crippen LogP) is -0.0245. The first-order chi connectivity index (χ1) is 9.40. The Bertz CT molecular complexity index is 711. The van der Waals surface area contributed by atoms with E-state index in [0.717, 1.165) is 0 Å². The SMILES string of the molecule is COc1ccc(-c2nnnn2CCS(C)(=O)=O)cc1N. The lowest BCUT2D eigenvalue weighted by Gasteiger charge is -2.07. The number of tetrazole rings is 1. The monoisotopic (exact) mass is 297 g/mol. The molecule has 1 aromatic heterocycles. The van der Waals surface area contributed by atoms with E-state index in [-0.39, 0.29) is 12.3 Å². The molecule has 20 heavy (non-hydrogen) atoms. The molecule has 0 aliphatic carbocycles. The van der Waals surface area contributed by atoms with Gasteiger partial charge in [0, 0.05) is 11.8 Å². The van der Waals surface area contributed by atoms with Crippen molar-refractivity contribution in [1.82, 2.24) is 20.2 Å². The average Bonchev–Trinajstić information content (AvgIpc) is 2.83. The summed E-state index contributed by atoms with van der Waals surface area (Å²) in [4.78, 5) is 0. The Morgan fingerprint density at radius 2 is 2.15 bits per heavy atom. The van der Waals surface area contributed by atoms with Gasteiger partial charge in [0.05, 0.1) is 25.1 Å². The van der Waals surface area contributed by atoms with Crippen LogP contribution in [0.2, 0.25) is 0 Å². The first-order valence-electron chi connectivity index (χ1n) is 5.78. The van der Waals surface area contributed by atoms with Gasteiger partial charge >= 0.3 is 0 Å². The zero-order valence-electron chi connectivity index (χ0n) is 11.1. The number of aryl methyl sites for hydroxylation is 1. The normalized spacial score (nSPS) is 11.5. The van der Waals surface area contributed by atoms with Gasteiger partial charge < -0.3 is 10.5 Å². The summed E-state index contributed by atoms with van der Waals surface area (Å²) in [5, 5.41) is 11.2. The molecule has 0 saturated heterocycles. The molecule has 0 aliphatic heterocycles. The highest BCUT2D eigenvalue weighted by atomic mass is 32.2. The summed E-state index contributed by atoms with van der Waals surface area (Å²) < 4.78 is 28.9. The fourth-order valence-corrected chi connectivity index (χ4v) is 2.19. The predicted molar refractivity (Wildman–Crippen MR) is 73.9 cm³/mol. The van der Waals surface area contributed by atoms with Crippen molar-refractivity contribution in [2.24, 2.45) is 0 Å². The highest BCUT2D eigenvalue weighted by Gasteiger charge is 2.12. The summed E-state index contributed by atoms with van der Waals surface area (Å²) in [5.74, 6) is 0.989. The molecule has 1 heterocycles. The smallest absolute Gasteiger partial charge is 0.182 e. The van der Waals surface area contributed by atoms with Gasteiger partial charge in [0.2, 0.25) is 0 Å². The number of benzene rings is 1. The molecule has 0 unspecified atom stereocenters. The minimum Gasteiger partial charge on any atom is -0.495 e. The van der Waals surface area contributed by atoms with E-state index < -0.39 is 9.84 Å². The molecule has 8 nitrogen and oxygen atoms in total. The second-order valence-electron chi connectivity index (χ2n) is 4.31. The lowest BCUT2D eigenvalue weighted by atomic mass is 10.2. The Kier molecular flexibility index (Phi) is 3.89. The first-order valence-corrected chi connectivity index (χ1v) is 7.84. The fourth-order valence-electron chi connectivity index (χ4n) is 1.69. The molecule has 2 N–H and O–H groups in total. The summed E-state index contributed by atoms with van der Waals surface area (Å²) >= 11 is 0. The van der Waals surface area contributed by atoms with Gasteiger partial charge in [0.1, 0.15) is 15.6 Å². The van der Waals surface area contributed by atoms with Crippen molar-refractivity contribution >= 4 is 15.5 Å². The molecule has 9 heteroatoms. The maximum absolute atomic E-state index is 11.2. The molecule has 0 saturated carbocycles. The van der Waals surface area contributed by atoms with Crippen molar-refractivity contribution in [3.63, 3.8) is 0 Å². The van der Waals surface area contributed by atoms with Crippen molar-refractivity contribution in [3.8, 4) is 17.1 Å². The quantitative estimate of drug-likeness (QED) is 0.771. The lowest BCUT2D eigenvalue weighted by Crippen LogP contribution is -2.13. The van der Waals surface area contributed by atoms with Gasteiger partial charge in [0.25, 0.3) is 0 Å². The van der Waals surface area contributed by atoms with Crippen LogP contribution >= 0.6 is 0 Å². The Labute approximate surface area is 116 Å². The summed E-state index contributed by atoms with van der Waals surface area (Å²) in [5.41, 5.74) is 6.99. The summed E-state index contributed by atoms with van der Waals surface area (Å²) in [6, 6.07) is 5.15. The van der Waals surface area contributed by atoms with Crippen LogP contribution in [0.5, 0.6) is 5.75 Å². The van der Waals surface area contributed by atoms with Crippen molar-refractivity contribution < 1.29 is 13.2 Å². The van der Waals surface area contributed by atoms with E-state index in [1.807, 2.05) is 0 Å². The van der Waals surface area contributed by atoms with Crippen LogP contribution in [0.4, 0.5) is 5.69 Å². The Hall–Kier alpha value is -2.16.